The molecule has 1 saturated heterocycles. The Hall–Kier alpha value is -1.10. The molecule has 5 nitrogen and oxygen atoms in total. The van der Waals surface area contributed by atoms with Crippen LogP contribution in [-0.2, 0) is 19.1 Å². The molecule has 1 rings (SSSR count). The average Bonchev–Trinajstić information content (AvgIpc) is 2.65. The molecule has 13 heavy (non-hydrogen) atoms. The van der Waals surface area contributed by atoms with Crippen molar-refractivity contribution in [1.82, 2.24) is 5.32 Å². The van der Waals surface area contributed by atoms with Gasteiger partial charge in [-0.15, -0.1) is 0 Å². The quantitative estimate of drug-likeness (QED) is 0.458. The van der Waals surface area contributed by atoms with Crippen LogP contribution >= 0.6 is 0 Å². The molecule has 1 aliphatic heterocycles. The van der Waals surface area contributed by atoms with E-state index in [9.17, 15) is 9.59 Å². The van der Waals surface area contributed by atoms with E-state index in [-0.39, 0.29) is 0 Å². The Morgan fingerprint density at radius 3 is 2.08 bits per heavy atom. The van der Waals surface area contributed by atoms with Crippen molar-refractivity contribution in [3.63, 3.8) is 0 Å². The molecular formula is C8H13NO4. The fourth-order valence-corrected chi connectivity index (χ4v) is 1.51. The summed E-state index contributed by atoms with van der Waals surface area (Å²) in [7, 11) is 2.54. The van der Waals surface area contributed by atoms with Gasteiger partial charge in [0.15, 0.2) is 5.41 Å². The van der Waals surface area contributed by atoms with E-state index in [0.717, 1.165) is 0 Å². The second kappa shape index (κ2) is 3.74. The van der Waals surface area contributed by atoms with Crippen molar-refractivity contribution in [2.75, 3.05) is 27.3 Å². The Morgan fingerprint density at radius 1 is 1.23 bits per heavy atom. The molecule has 0 spiro atoms. The molecule has 0 saturated carbocycles. The Morgan fingerprint density at radius 2 is 1.77 bits per heavy atom. The lowest BCUT2D eigenvalue weighted by Crippen LogP contribution is -2.42. The highest BCUT2D eigenvalue weighted by atomic mass is 16.5. The maximum atomic E-state index is 11.4. The van der Waals surface area contributed by atoms with Gasteiger partial charge in [0.1, 0.15) is 0 Å². The monoisotopic (exact) mass is 187 g/mol. The number of methoxy groups -OCH3 is 2. The van der Waals surface area contributed by atoms with Crippen molar-refractivity contribution in [3.8, 4) is 0 Å². The molecule has 5 heteroatoms. The van der Waals surface area contributed by atoms with Crippen LogP contribution in [0.25, 0.3) is 0 Å². The van der Waals surface area contributed by atoms with E-state index in [2.05, 4.69) is 14.8 Å². The maximum Gasteiger partial charge on any atom is 0.324 e. The summed E-state index contributed by atoms with van der Waals surface area (Å²) in [4.78, 5) is 22.7. The van der Waals surface area contributed by atoms with Gasteiger partial charge in [-0.05, 0) is 13.0 Å². The highest BCUT2D eigenvalue weighted by Crippen LogP contribution is 2.28. The van der Waals surface area contributed by atoms with Gasteiger partial charge in [0.25, 0.3) is 0 Å². The standard InChI is InChI=1S/C8H13NO4/c1-12-6(10)8(7(11)13-2)3-4-9-5-8/h9H,3-5H2,1-2H3. The van der Waals surface area contributed by atoms with E-state index in [1.54, 1.807) is 0 Å². The van der Waals surface area contributed by atoms with Crippen molar-refractivity contribution in [2.45, 2.75) is 6.42 Å². The number of esters is 2. The van der Waals surface area contributed by atoms with Crippen molar-refractivity contribution in [2.24, 2.45) is 5.41 Å². The predicted octanol–water partition coefficient (Wildman–Crippen LogP) is -0.688. The van der Waals surface area contributed by atoms with Gasteiger partial charge >= 0.3 is 11.9 Å². The first-order valence-electron chi connectivity index (χ1n) is 4.05. The molecule has 1 N–H and O–H groups in total. The summed E-state index contributed by atoms with van der Waals surface area (Å²) < 4.78 is 9.16. The van der Waals surface area contributed by atoms with Crippen LogP contribution in [0.1, 0.15) is 6.42 Å². The van der Waals surface area contributed by atoms with Crippen LogP contribution in [0.4, 0.5) is 0 Å². The molecule has 1 fully saturated rings. The number of rotatable bonds is 2. The van der Waals surface area contributed by atoms with Crippen LogP contribution in [0.3, 0.4) is 0 Å². The van der Waals surface area contributed by atoms with Crippen LogP contribution < -0.4 is 5.32 Å². The molecule has 0 unspecified atom stereocenters. The lowest BCUT2D eigenvalue weighted by molar-refractivity contribution is -0.167. The molecule has 0 aromatic rings. The van der Waals surface area contributed by atoms with Gasteiger partial charge in [0.2, 0.25) is 0 Å². The fraction of sp³-hybridized carbons (Fsp3) is 0.750. The van der Waals surface area contributed by atoms with Gasteiger partial charge in [-0.3, -0.25) is 9.59 Å². The summed E-state index contributed by atoms with van der Waals surface area (Å²) >= 11 is 0. The smallest absolute Gasteiger partial charge is 0.324 e. The Bertz CT molecular complexity index is 202. The molecule has 0 radical (unpaired) electrons. The molecule has 0 aliphatic carbocycles. The first-order chi connectivity index (χ1) is 6.17. The Kier molecular flexibility index (Phi) is 2.87. The van der Waals surface area contributed by atoms with Gasteiger partial charge in [0, 0.05) is 6.54 Å². The SMILES string of the molecule is COC(=O)C1(C(=O)OC)CCNC1. The number of carbonyl (C=O) groups is 2. The summed E-state index contributed by atoms with van der Waals surface area (Å²) in [6, 6.07) is 0. The molecule has 0 bridgehead atoms. The van der Waals surface area contributed by atoms with E-state index in [1.165, 1.54) is 14.2 Å². The van der Waals surface area contributed by atoms with Crippen LogP contribution in [0.2, 0.25) is 0 Å². The highest BCUT2D eigenvalue weighted by molar-refractivity contribution is 6.00. The van der Waals surface area contributed by atoms with Crippen molar-refractivity contribution < 1.29 is 19.1 Å². The minimum atomic E-state index is -1.12. The summed E-state index contributed by atoms with van der Waals surface area (Å²) in [5, 5.41) is 2.94. The number of hydrogen-bond donors (Lipinski definition) is 1. The fourth-order valence-electron chi connectivity index (χ4n) is 1.51. The molecule has 1 aliphatic rings. The zero-order chi connectivity index (χ0) is 9.90. The number of ether oxygens (including phenoxy) is 2. The van der Waals surface area contributed by atoms with Gasteiger partial charge in [-0.2, -0.15) is 0 Å². The largest absolute Gasteiger partial charge is 0.468 e. The molecule has 74 valence electrons. The second-order valence-corrected chi connectivity index (χ2v) is 2.99. The minimum Gasteiger partial charge on any atom is -0.468 e. The van der Waals surface area contributed by atoms with E-state index in [1.807, 2.05) is 0 Å². The number of hydrogen-bond acceptors (Lipinski definition) is 5. The first kappa shape index (κ1) is 9.98. The summed E-state index contributed by atoms with van der Waals surface area (Å²) in [6.07, 6.45) is 0.437. The van der Waals surface area contributed by atoms with Gasteiger partial charge in [0.05, 0.1) is 14.2 Å². The maximum absolute atomic E-state index is 11.4. The summed E-state index contributed by atoms with van der Waals surface area (Å²) in [5.41, 5.74) is -1.12. The molecule has 0 aromatic heterocycles. The normalized spacial score (nSPS) is 19.5. The van der Waals surface area contributed by atoms with Crippen molar-refractivity contribution >= 4 is 11.9 Å². The topological polar surface area (TPSA) is 64.6 Å². The van der Waals surface area contributed by atoms with E-state index in [4.69, 9.17) is 0 Å². The third-order valence-electron chi connectivity index (χ3n) is 2.31. The lowest BCUT2D eigenvalue weighted by atomic mass is 9.87. The first-order valence-corrected chi connectivity index (χ1v) is 4.05. The minimum absolute atomic E-state index is 0.298. The highest BCUT2D eigenvalue weighted by Gasteiger charge is 2.50. The summed E-state index contributed by atoms with van der Waals surface area (Å²) in [5.74, 6) is -1.05. The Labute approximate surface area is 76.4 Å². The predicted molar refractivity (Wildman–Crippen MR) is 44.0 cm³/mol. The van der Waals surface area contributed by atoms with Crippen LogP contribution in [-0.4, -0.2) is 39.2 Å². The molecule has 0 aromatic carbocycles. The van der Waals surface area contributed by atoms with E-state index in [0.29, 0.717) is 19.5 Å². The third kappa shape index (κ3) is 1.51. The number of nitrogens with one attached hydrogen (secondary N) is 1. The summed E-state index contributed by atoms with van der Waals surface area (Å²) in [6.45, 7) is 0.927. The zero-order valence-electron chi connectivity index (χ0n) is 7.75. The molecule has 0 amide bonds. The third-order valence-corrected chi connectivity index (χ3v) is 2.31. The number of carbonyl (C=O) groups excluding carboxylic acids is 2. The van der Waals surface area contributed by atoms with Crippen molar-refractivity contribution in [3.05, 3.63) is 0 Å². The van der Waals surface area contributed by atoms with Gasteiger partial charge < -0.3 is 14.8 Å². The lowest BCUT2D eigenvalue weighted by Gasteiger charge is -2.21. The van der Waals surface area contributed by atoms with Crippen LogP contribution in [0.5, 0.6) is 0 Å². The van der Waals surface area contributed by atoms with Gasteiger partial charge in [-0.25, -0.2) is 0 Å². The van der Waals surface area contributed by atoms with Crippen LogP contribution in [0, 0.1) is 5.41 Å². The van der Waals surface area contributed by atoms with E-state index >= 15 is 0 Å². The Balaban J connectivity index is 2.86. The van der Waals surface area contributed by atoms with Crippen LogP contribution in [0.15, 0.2) is 0 Å². The zero-order valence-corrected chi connectivity index (χ0v) is 7.75. The second-order valence-electron chi connectivity index (χ2n) is 2.99. The molecule has 0 atom stereocenters. The average molecular weight is 187 g/mol. The van der Waals surface area contributed by atoms with Gasteiger partial charge in [-0.1, -0.05) is 0 Å². The molecular weight excluding hydrogens is 174 g/mol. The van der Waals surface area contributed by atoms with E-state index < -0.39 is 17.4 Å². The molecule has 1 heterocycles. The van der Waals surface area contributed by atoms with Crippen molar-refractivity contribution in [1.29, 1.82) is 0 Å².